The Kier molecular flexibility index (Phi) is 5.66. The lowest BCUT2D eigenvalue weighted by atomic mass is 9.79. The first kappa shape index (κ1) is 24.1. The topological polar surface area (TPSA) is 55.8 Å². The van der Waals surface area contributed by atoms with Crippen molar-refractivity contribution in [2.24, 2.45) is 0 Å². The molecule has 35 heavy (non-hydrogen) atoms. The third kappa shape index (κ3) is 3.32. The number of nitrogens with zero attached hydrogens (tertiary/aromatic N) is 1. The average Bonchev–Trinajstić information content (AvgIpc) is 3.36. The Labute approximate surface area is 209 Å². The normalized spacial score (nSPS) is 18.4. The van der Waals surface area contributed by atoms with E-state index in [1.807, 2.05) is 30.3 Å². The first-order chi connectivity index (χ1) is 16.5. The number of hydrogen-bond donors (Lipinski definition) is 0. The molecule has 0 bridgehead atoms. The average molecular weight is 492 g/mol. The van der Waals surface area contributed by atoms with Gasteiger partial charge < -0.3 is 9.16 Å². The molecule has 0 saturated heterocycles. The fourth-order valence-corrected chi connectivity index (χ4v) is 12.3. The minimum atomic E-state index is -2.13. The van der Waals surface area contributed by atoms with Crippen LogP contribution in [-0.4, -0.2) is 32.1 Å². The molecular weight excluding hydrogens is 454 g/mol. The summed E-state index contributed by atoms with van der Waals surface area (Å²) in [5.41, 5.74) is 4.74. The monoisotopic (exact) mass is 491 g/mol. The maximum atomic E-state index is 13.2. The predicted octanol–water partition coefficient (Wildman–Crippen LogP) is 7.30. The van der Waals surface area contributed by atoms with Crippen LogP contribution >= 0.6 is 0 Å². The standard InChI is InChI=1S/C29H37NO4Si/c1-17(2)35(18(3)4,19(5)6)34-20-10-11-21-24(16-20)33-29(14-8-9-15-29)23-13-12-22-26(25(21)23)28(32)30(7)27(22)31/h10-13,16-19H,8-9,14-15H2,1-7H3. The number of amides is 2. The second-order valence-electron chi connectivity index (χ2n) is 11.5. The van der Waals surface area contributed by atoms with Crippen molar-refractivity contribution in [1.82, 2.24) is 4.90 Å². The van der Waals surface area contributed by atoms with Crippen LogP contribution in [-0.2, 0) is 5.60 Å². The summed E-state index contributed by atoms with van der Waals surface area (Å²) < 4.78 is 13.8. The smallest absolute Gasteiger partial charge is 0.261 e. The highest BCUT2D eigenvalue weighted by Crippen LogP contribution is 2.55. The van der Waals surface area contributed by atoms with Gasteiger partial charge in [-0.2, -0.15) is 0 Å². The van der Waals surface area contributed by atoms with Crippen LogP contribution in [0.2, 0.25) is 16.6 Å². The summed E-state index contributed by atoms with van der Waals surface area (Å²) in [5.74, 6) is 1.14. The van der Waals surface area contributed by atoms with Gasteiger partial charge >= 0.3 is 0 Å². The quantitative estimate of drug-likeness (QED) is 0.325. The van der Waals surface area contributed by atoms with Gasteiger partial charge in [-0.3, -0.25) is 14.5 Å². The molecular formula is C29H37NO4Si. The zero-order chi connectivity index (χ0) is 25.3. The van der Waals surface area contributed by atoms with Crippen LogP contribution in [0.15, 0.2) is 30.3 Å². The first-order valence-electron chi connectivity index (χ1n) is 13.1. The summed E-state index contributed by atoms with van der Waals surface area (Å²) in [4.78, 5) is 27.2. The van der Waals surface area contributed by atoms with Gasteiger partial charge in [0, 0.05) is 29.8 Å². The van der Waals surface area contributed by atoms with E-state index in [2.05, 4.69) is 41.5 Å². The zero-order valence-corrected chi connectivity index (χ0v) is 23.0. The highest BCUT2D eigenvalue weighted by Gasteiger charge is 2.49. The van der Waals surface area contributed by atoms with Gasteiger partial charge in [0.15, 0.2) is 0 Å². The van der Waals surface area contributed by atoms with Gasteiger partial charge in [0.25, 0.3) is 20.1 Å². The minimum Gasteiger partial charge on any atom is -0.543 e. The van der Waals surface area contributed by atoms with Gasteiger partial charge in [-0.25, -0.2) is 0 Å². The predicted molar refractivity (Wildman–Crippen MR) is 141 cm³/mol. The second kappa shape index (κ2) is 8.22. The van der Waals surface area contributed by atoms with Gasteiger partial charge in [-0.1, -0.05) is 47.6 Å². The Balaban J connectivity index is 1.68. The van der Waals surface area contributed by atoms with Crippen molar-refractivity contribution < 1.29 is 18.8 Å². The number of benzene rings is 2. The van der Waals surface area contributed by atoms with Gasteiger partial charge in [0.2, 0.25) is 0 Å². The zero-order valence-electron chi connectivity index (χ0n) is 22.0. The molecule has 0 N–H and O–H groups in total. The first-order valence-corrected chi connectivity index (χ1v) is 15.2. The summed E-state index contributed by atoms with van der Waals surface area (Å²) in [7, 11) is -0.569. The maximum absolute atomic E-state index is 13.2. The molecule has 0 aromatic heterocycles. The van der Waals surface area contributed by atoms with E-state index in [4.69, 9.17) is 9.16 Å². The summed E-state index contributed by atoms with van der Waals surface area (Å²) in [6, 6.07) is 9.93. The van der Waals surface area contributed by atoms with E-state index in [-0.39, 0.29) is 11.8 Å². The van der Waals surface area contributed by atoms with E-state index in [1.165, 1.54) is 4.90 Å². The molecule has 5 rings (SSSR count). The lowest BCUT2D eigenvalue weighted by Crippen LogP contribution is -2.50. The number of carbonyl (C=O) groups is 2. The van der Waals surface area contributed by atoms with E-state index in [0.29, 0.717) is 27.8 Å². The van der Waals surface area contributed by atoms with Crippen molar-refractivity contribution in [3.8, 4) is 22.6 Å². The molecule has 2 aliphatic heterocycles. The van der Waals surface area contributed by atoms with Crippen LogP contribution in [0.4, 0.5) is 0 Å². The summed E-state index contributed by atoms with van der Waals surface area (Å²) >= 11 is 0. The largest absolute Gasteiger partial charge is 0.543 e. The van der Waals surface area contributed by atoms with Crippen molar-refractivity contribution in [2.75, 3.05) is 7.05 Å². The molecule has 5 nitrogen and oxygen atoms in total. The Morgan fingerprint density at radius 3 is 2.06 bits per heavy atom. The van der Waals surface area contributed by atoms with E-state index in [1.54, 1.807) is 7.05 Å². The van der Waals surface area contributed by atoms with Crippen LogP contribution in [0.1, 0.15) is 93.5 Å². The molecule has 2 amide bonds. The van der Waals surface area contributed by atoms with Crippen LogP contribution in [0.3, 0.4) is 0 Å². The molecule has 1 fully saturated rings. The molecule has 1 aliphatic carbocycles. The van der Waals surface area contributed by atoms with Gasteiger partial charge in [-0.15, -0.1) is 0 Å². The molecule has 2 aromatic carbocycles. The molecule has 3 aliphatic rings. The molecule has 2 heterocycles. The summed E-state index contributed by atoms with van der Waals surface area (Å²) in [5, 5.41) is 0. The van der Waals surface area contributed by atoms with E-state index in [9.17, 15) is 9.59 Å². The maximum Gasteiger partial charge on any atom is 0.261 e. The molecule has 0 atom stereocenters. The molecule has 1 saturated carbocycles. The summed E-state index contributed by atoms with van der Waals surface area (Å²) in [6.45, 7) is 13.7. The lowest BCUT2D eigenvalue weighted by Gasteiger charge is -2.43. The van der Waals surface area contributed by atoms with Crippen molar-refractivity contribution in [1.29, 1.82) is 0 Å². The SMILES string of the molecule is CC(C)[Si](Oc1ccc2c(c1)OC1(CCCC1)c1ccc3c(c1-2)C(=O)N(C)C3=O)(C(C)C)C(C)C. The third-order valence-corrected chi connectivity index (χ3v) is 14.7. The van der Waals surface area contributed by atoms with Crippen molar-refractivity contribution >= 4 is 20.1 Å². The molecule has 2 aromatic rings. The van der Waals surface area contributed by atoms with Crippen molar-refractivity contribution in [2.45, 2.75) is 89.5 Å². The number of carbonyl (C=O) groups excluding carboxylic acids is 2. The second-order valence-corrected chi connectivity index (χ2v) is 16.8. The van der Waals surface area contributed by atoms with Crippen LogP contribution in [0, 0.1) is 0 Å². The van der Waals surface area contributed by atoms with Crippen LogP contribution < -0.4 is 9.16 Å². The van der Waals surface area contributed by atoms with Gasteiger partial charge in [-0.05, 0) is 60.5 Å². The number of hydrogen-bond acceptors (Lipinski definition) is 4. The fourth-order valence-electron chi connectivity index (χ4n) is 7.10. The number of imide groups is 1. The highest BCUT2D eigenvalue weighted by molar-refractivity contribution is 6.78. The van der Waals surface area contributed by atoms with E-state index < -0.39 is 13.9 Å². The third-order valence-electron chi connectivity index (χ3n) is 8.69. The van der Waals surface area contributed by atoms with E-state index in [0.717, 1.165) is 53.9 Å². The van der Waals surface area contributed by atoms with Gasteiger partial charge in [0.05, 0.1) is 11.1 Å². The molecule has 0 radical (unpaired) electrons. The van der Waals surface area contributed by atoms with Crippen molar-refractivity contribution in [3.63, 3.8) is 0 Å². The number of ether oxygens (including phenoxy) is 1. The van der Waals surface area contributed by atoms with E-state index >= 15 is 0 Å². The van der Waals surface area contributed by atoms with Gasteiger partial charge in [0.1, 0.15) is 17.1 Å². The number of rotatable bonds is 5. The Bertz CT molecular complexity index is 1190. The Morgan fingerprint density at radius 1 is 0.857 bits per heavy atom. The molecule has 1 spiro atoms. The fraction of sp³-hybridized carbons (Fsp3) is 0.517. The molecule has 0 unspecified atom stereocenters. The van der Waals surface area contributed by atoms with Crippen molar-refractivity contribution in [3.05, 3.63) is 47.0 Å². The Hall–Kier alpha value is -2.60. The molecule has 6 heteroatoms. The minimum absolute atomic E-state index is 0.228. The summed E-state index contributed by atoms with van der Waals surface area (Å²) in [6.07, 6.45) is 3.98. The molecule has 186 valence electrons. The Morgan fingerprint density at radius 2 is 1.46 bits per heavy atom. The number of fused-ring (bicyclic) bond motifs is 6. The lowest BCUT2D eigenvalue weighted by molar-refractivity contribution is 0.0691. The van der Waals surface area contributed by atoms with Crippen LogP contribution in [0.25, 0.3) is 11.1 Å². The highest BCUT2D eigenvalue weighted by atomic mass is 28.4. The van der Waals surface area contributed by atoms with Crippen LogP contribution in [0.5, 0.6) is 11.5 Å².